The van der Waals surface area contributed by atoms with Crippen molar-refractivity contribution in [2.24, 2.45) is 0 Å². The molecule has 0 spiro atoms. The fourth-order valence-corrected chi connectivity index (χ4v) is 1.04. The van der Waals surface area contributed by atoms with Gasteiger partial charge in [-0.25, -0.2) is 0 Å². The van der Waals surface area contributed by atoms with Gasteiger partial charge in [0.2, 0.25) is 0 Å². The van der Waals surface area contributed by atoms with Crippen LogP contribution in [0.5, 0.6) is 0 Å². The van der Waals surface area contributed by atoms with Crippen molar-refractivity contribution in [2.75, 3.05) is 0 Å². The van der Waals surface area contributed by atoms with E-state index in [4.69, 9.17) is 0 Å². The van der Waals surface area contributed by atoms with Crippen LogP contribution in [0, 0.1) is 0 Å². The molecule has 0 aliphatic rings. The van der Waals surface area contributed by atoms with Gasteiger partial charge in [0.15, 0.2) is 0 Å². The van der Waals surface area contributed by atoms with Gasteiger partial charge in [0.05, 0.1) is 0 Å². The molecule has 0 bridgehead atoms. The predicted molar refractivity (Wildman–Crippen MR) is 40.5 cm³/mol. The summed E-state index contributed by atoms with van der Waals surface area (Å²) >= 11 is 0. The van der Waals surface area contributed by atoms with E-state index in [9.17, 15) is 28.8 Å². The standard InChI is InChI=1S/6CHO.Cu/c6*1-2;/h6*1H;. The molecular formula is C6H6CuO6. The van der Waals surface area contributed by atoms with E-state index in [1.165, 1.54) is 0 Å². The molecule has 0 N–H and O–H groups in total. The van der Waals surface area contributed by atoms with Crippen molar-refractivity contribution in [3.05, 3.63) is 0 Å². The average molecular weight is 238 g/mol. The van der Waals surface area contributed by atoms with Crippen LogP contribution in [-0.4, -0.2) is 31.1 Å². The number of rotatable bonds is 6. The zero-order chi connectivity index (χ0) is 10.7. The van der Waals surface area contributed by atoms with Crippen LogP contribution < -0.4 is 0 Å². The average Bonchev–Trinajstić information content (AvgIpc) is 2.26. The first kappa shape index (κ1) is 11.5. The second-order valence-corrected chi connectivity index (χ2v) is 7.97. The van der Waals surface area contributed by atoms with Crippen molar-refractivity contribution in [1.29, 1.82) is 0 Å². The van der Waals surface area contributed by atoms with Crippen LogP contribution in [0.2, 0.25) is 0 Å². The summed E-state index contributed by atoms with van der Waals surface area (Å²) < 4.78 is 0. The van der Waals surface area contributed by atoms with E-state index in [0.717, 1.165) is 0 Å². The van der Waals surface area contributed by atoms with Gasteiger partial charge >= 0.3 is 70.6 Å². The van der Waals surface area contributed by atoms with Crippen molar-refractivity contribution in [3.63, 3.8) is 0 Å². The van der Waals surface area contributed by atoms with E-state index >= 15 is 0 Å². The first-order valence-corrected chi connectivity index (χ1v) is 5.72. The maximum atomic E-state index is 10.5. The quantitative estimate of drug-likeness (QED) is 0.405. The van der Waals surface area contributed by atoms with E-state index < -0.39 is 41.8 Å². The summed E-state index contributed by atoms with van der Waals surface area (Å²) in [5.41, 5.74) is 0. The van der Waals surface area contributed by atoms with E-state index in [1.807, 2.05) is 0 Å². The van der Waals surface area contributed by atoms with Gasteiger partial charge < -0.3 is 0 Å². The molecule has 0 unspecified atom stereocenters. The van der Waals surface area contributed by atoms with Crippen molar-refractivity contribution in [3.8, 4) is 0 Å². The molecule has 6 nitrogen and oxygen atoms in total. The number of hydrogen-bond donors (Lipinski definition) is 0. The van der Waals surface area contributed by atoms with Crippen LogP contribution in [-0.2, 0) is 39.5 Å². The molecule has 77 valence electrons. The minimum atomic E-state index is -5.69. The molecule has 0 radical (unpaired) electrons. The third-order valence-electron chi connectivity index (χ3n) is 1.23. The van der Waals surface area contributed by atoms with Crippen molar-refractivity contribution in [1.82, 2.24) is 0 Å². The molecule has 0 heterocycles. The van der Waals surface area contributed by atoms with Crippen LogP contribution in [0.3, 0.4) is 0 Å². The second-order valence-electron chi connectivity index (χ2n) is 1.93. The van der Waals surface area contributed by atoms with Gasteiger partial charge in [0.25, 0.3) is 0 Å². The van der Waals surface area contributed by atoms with Crippen molar-refractivity contribution in [2.45, 2.75) is 0 Å². The topological polar surface area (TPSA) is 102 Å². The zero-order valence-corrected chi connectivity index (χ0v) is 7.16. The summed E-state index contributed by atoms with van der Waals surface area (Å²) in [6, 6.07) is 0. The second kappa shape index (κ2) is 2.51. The summed E-state index contributed by atoms with van der Waals surface area (Å²) in [6.07, 6.45) is 0. The summed E-state index contributed by atoms with van der Waals surface area (Å²) in [6.45, 7) is 0. The molecule has 0 atom stereocenters. The summed E-state index contributed by atoms with van der Waals surface area (Å²) in [4.78, 5) is 63.1. The molecular weight excluding hydrogens is 232 g/mol. The Kier molecular flexibility index (Phi) is 2.23. The van der Waals surface area contributed by atoms with Gasteiger partial charge in [-0.15, -0.1) is 0 Å². The predicted octanol–water partition coefficient (Wildman–Crippen LogP) is -1.65. The van der Waals surface area contributed by atoms with Gasteiger partial charge in [-0.1, -0.05) is 0 Å². The zero-order valence-electron chi connectivity index (χ0n) is 6.22. The molecule has 0 aliphatic heterocycles. The molecule has 0 rings (SSSR count). The van der Waals surface area contributed by atoms with E-state index in [0.29, 0.717) is 0 Å². The SMILES string of the molecule is O=[CH][Cu]([CH]=O)([CH]=O)([CH]=O)([CH]=O)[CH]=O. The Morgan fingerprint density at radius 2 is 0.615 bits per heavy atom. The van der Waals surface area contributed by atoms with Gasteiger partial charge in [-0.2, -0.15) is 0 Å². The van der Waals surface area contributed by atoms with Gasteiger partial charge in [0, 0.05) is 0 Å². The van der Waals surface area contributed by atoms with E-state index in [-0.39, 0.29) is 0 Å². The maximum absolute atomic E-state index is 10.5. The van der Waals surface area contributed by atoms with Crippen LogP contribution >= 0.6 is 0 Å². The van der Waals surface area contributed by atoms with E-state index in [1.54, 1.807) is 0 Å². The first-order chi connectivity index (χ1) is 5.97. The Balaban J connectivity index is 6.50. The molecule has 7 heteroatoms. The third kappa shape index (κ3) is 0.944. The number of carbonyl (C=O) groups is 6. The van der Waals surface area contributed by atoms with E-state index in [2.05, 4.69) is 0 Å². The fourth-order valence-electron chi connectivity index (χ4n) is 0.251. The minimum absolute atomic E-state index is 0.469. The summed E-state index contributed by atoms with van der Waals surface area (Å²) in [7, 11) is -5.69. The Morgan fingerprint density at radius 1 is 0.462 bits per heavy atom. The fraction of sp³-hybridized carbons (Fsp3) is 0. The van der Waals surface area contributed by atoms with Gasteiger partial charge in [0.1, 0.15) is 0 Å². The molecule has 0 aromatic rings. The molecule has 0 aliphatic carbocycles. The Hall–Kier alpha value is -1.46. The first-order valence-electron chi connectivity index (χ1n) is 2.46. The number of carbonyl (C=O) groups excluding carboxylic acids is 6. The van der Waals surface area contributed by atoms with Crippen LogP contribution in [0.25, 0.3) is 0 Å². The van der Waals surface area contributed by atoms with Crippen LogP contribution in [0.4, 0.5) is 0 Å². The molecule has 0 fully saturated rings. The van der Waals surface area contributed by atoms with Crippen molar-refractivity contribution >= 4 is 31.1 Å². The summed E-state index contributed by atoms with van der Waals surface area (Å²) in [5.74, 6) is 0. The van der Waals surface area contributed by atoms with Crippen LogP contribution in [0.1, 0.15) is 0 Å². The van der Waals surface area contributed by atoms with Crippen LogP contribution in [0.15, 0.2) is 0 Å². The Bertz CT molecular complexity index is 233. The normalized spacial score (nSPS) is 15.7. The third-order valence-corrected chi connectivity index (χ3v) is 5.08. The van der Waals surface area contributed by atoms with Crippen molar-refractivity contribution < 1.29 is 39.5 Å². The summed E-state index contributed by atoms with van der Waals surface area (Å²) in [5, 5.41) is -2.81. The van der Waals surface area contributed by atoms with Gasteiger partial charge in [-0.3, -0.25) is 0 Å². The molecule has 0 saturated carbocycles. The molecule has 0 aromatic heterocycles. The molecule has 0 amide bonds. The Labute approximate surface area is 71.2 Å². The number of hydrogen-bond acceptors (Lipinski definition) is 6. The monoisotopic (exact) mass is 237 g/mol. The molecule has 13 heavy (non-hydrogen) atoms. The van der Waals surface area contributed by atoms with Gasteiger partial charge in [-0.05, 0) is 0 Å². The molecule has 0 saturated heterocycles. The Morgan fingerprint density at radius 3 is 0.615 bits per heavy atom. The molecule has 0 aromatic carbocycles.